The molecule has 4 rings (SSSR count). The monoisotopic (exact) mass is 513 g/mol. The molecule has 0 radical (unpaired) electrons. The Kier molecular flexibility index (Phi) is 6.19. The van der Waals surface area contributed by atoms with Crippen LogP contribution in [0.2, 0.25) is 0 Å². The summed E-state index contributed by atoms with van der Waals surface area (Å²) in [5.41, 5.74) is 1.25. The molecule has 1 aromatic heterocycles. The Morgan fingerprint density at radius 3 is 2.27 bits per heavy atom. The minimum atomic E-state index is -3.53. The number of anilines is 1. The van der Waals surface area contributed by atoms with Crippen molar-refractivity contribution in [2.24, 2.45) is 0 Å². The number of rotatable bonds is 5. The van der Waals surface area contributed by atoms with Gasteiger partial charge in [-0.2, -0.15) is 4.31 Å². The molecule has 0 bridgehead atoms. The number of sulfonamides is 1. The molecule has 1 aliphatic heterocycles. The fourth-order valence-electron chi connectivity index (χ4n) is 3.32. The molecule has 0 spiro atoms. The highest BCUT2D eigenvalue weighted by Gasteiger charge is 2.29. The van der Waals surface area contributed by atoms with Gasteiger partial charge in [0.05, 0.1) is 10.6 Å². The van der Waals surface area contributed by atoms with Crippen LogP contribution in [0.1, 0.15) is 11.3 Å². The standard InChI is InChI=1S/C20H18BrF2N3O2S2/c21-15-1-3-19(4-2-15)30(27,28)26-7-5-25(6-8-26)20-24-18(13-29-20)11-14-9-16(22)12-17(23)10-14/h1-4,9-10,12-13H,5-8,11H2. The van der Waals surface area contributed by atoms with Gasteiger partial charge in [0, 0.05) is 48.5 Å². The van der Waals surface area contributed by atoms with Crippen LogP contribution in [0.4, 0.5) is 13.9 Å². The van der Waals surface area contributed by atoms with Gasteiger partial charge in [-0.25, -0.2) is 22.2 Å². The maximum Gasteiger partial charge on any atom is 0.243 e. The number of piperazine rings is 1. The number of benzene rings is 2. The Morgan fingerprint density at radius 1 is 1.00 bits per heavy atom. The molecule has 5 nitrogen and oxygen atoms in total. The van der Waals surface area contributed by atoms with E-state index in [-0.39, 0.29) is 4.90 Å². The molecule has 0 saturated carbocycles. The topological polar surface area (TPSA) is 53.5 Å². The normalized spacial score (nSPS) is 15.5. The maximum atomic E-state index is 13.4. The second-order valence-corrected chi connectivity index (χ2v) is 10.6. The van der Waals surface area contributed by atoms with E-state index in [1.54, 1.807) is 24.3 Å². The van der Waals surface area contributed by atoms with Crippen molar-refractivity contribution in [1.82, 2.24) is 9.29 Å². The van der Waals surface area contributed by atoms with Crippen LogP contribution in [0.15, 0.2) is 57.2 Å². The predicted molar refractivity (Wildman–Crippen MR) is 116 cm³/mol. The van der Waals surface area contributed by atoms with E-state index in [1.165, 1.54) is 27.8 Å². The van der Waals surface area contributed by atoms with Gasteiger partial charge in [0.15, 0.2) is 5.13 Å². The summed E-state index contributed by atoms with van der Waals surface area (Å²) in [7, 11) is -3.53. The first-order valence-electron chi connectivity index (χ1n) is 9.21. The summed E-state index contributed by atoms with van der Waals surface area (Å²) < 4.78 is 54.7. The van der Waals surface area contributed by atoms with Crippen LogP contribution in [-0.2, 0) is 16.4 Å². The van der Waals surface area contributed by atoms with Gasteiger partial charge in [0.1, 0.15) is 11.6 Å². The Morgan fingerprint density at radius 2 is 1.63 bits per heavy atom. The fourth-order valence-corrected chi connectivity index (χ4v) is 5.89. The summed E-state index contributed by atoms with van der Waals surface area (Å²) in [5, 5.41) is 2.64. The van der Waals surface area contributed by atoms with Crippen molar-refractivity contribution in [1.29, 1.82) is 0 Å². The summed E-state index contributed by atoms with van der Waals surface area (Å²) in [6.07, 6.45) is 0.336. The van der Waals surface area contributed by atoms with Crippen molar-refractivity contribution < 1.29 is 17.2 Å². The molecule has 2 heterocycles. The molecule has 0 aliphatic carbocycles. The summed E-state index contributed by atoms with van der Waals surface area (Å²) in [5.74, 6) is -1.22. The molecule has 0 amide bonds. The van der Waals surface area contributed by atoms with E-state index in [4.69, 9.17) is 0 Å². The minimum Gasteiger partial charge on any atom is -0.345 e. The first-order valence-corrected chi connectivity index (χ1v) is 12.3. The molecule has 0 N–H and O–H groups in total. The van der Waals surface area contributed by atoms with Gasteiger partial charge in [0.25, 0.3) is 0 Å². The maximum absolute atomic E-state index is 13.4. The van der Waals surface area contributed by atoms with E-state index in [0.29, 0.717) is 38.2 Å². The van der Waals surface area contributed by atoms with Crippen LogP contribution in [0.25, 0.3) is 0 Å². The lowest BCUT2D eigenvalue weighted by Gasteiger charge is -2.33. The van der Waals surface area contributed by atoms with Crippen molar-refractivity contribution in [3.8, 4) is 0 Å². The molecular formula is C20H18BrF2N3O2S2. The number of hydrogen-bond donors (Lipinski definition) is 0. The highest BCUT2D eigenvalue weighted by molar-refractivity contribution is 9.10. The lowest BCUT2D eigenvalue weighted by molar-refractivity contribution is 0.384. The molecule has 3 aromatic rings. The third kappa shape index (κ3) is 4.72. The van der Waals surface area contributed by atoms with Crippen LogP contribution in [0, 0.1) is 11.6 Å². The zero-order chi connectivity index (χ0) is 21.3. The highest BCUT2D eigenvalue weighted by atomic mass is 79.9. The van der Waals surface area contributed by atoms with Crippen molar-refractivity contribution in [2.75, 3.05) is 31.1 Å². The SMILES string of the molecule is O=S(=O)(c1ccc(Br)cc1)N1CCN(c2nc(Cc3cc(F)cc(F)c3)cs2)CC1. The van der Waals surface area contributed by atoms with Gasteiger partial charge in [-0.3, -0.25) is 0 Å². The predicted octanol–water partition coefficient (Wildman–Crippen LogP) is 4.29. The molecule has 10 heteroatoms. The lowest BCUT2D eigenvalue weighted by Crippen LogP contribution is -2.48. The second kappa shape index (κ2) is 8.70. The van der Waals surface area contributed by atoms with E-state index >= 15 is 0 Å². The minimum absolute atomic E-state index is 0.276. The number of aromatic nitrogens is 1. The van der Waals surface area contributed by atoms with Gasteiger partial charge in [0.2, 0.25) is 10.0 Å². The van der Waals surface area contributed by atoms with E-state index in [9.17, 15) is 17.2 Å². The quantitative estimate of drug-likeness (QED) is 0.510. The fraction of sp³-hybridized carbons (Fsp3) is 0.250. The number of thiazole rings is 1. The van der Waals surface area contributed by atoms with Gasteiger partial charge in [-0.05, 0) is 42.0 Å². The lowest BCUT2D eigenvalue weighted by atomic mass is 10.1. The van der Waals surface area contributed by atoms with Crippen LogP contribution in [-0.4, -0.2) is 43.9 Å². The van der Waals surface area contributed by atoms with Gasteiger partial charge in [-0.1, -0.05) is 15.9 Å². The Balaban J connectivity index is 1.40. The molecule has 2 aromatic carbocycles. The number of nitrogens with zero attached hydrogens (tertiary/aromatic N) is 3. The molecule has 1 aliphatic rings. The average molecular weight is 514 g/mol. The van der Waals surface area contributed by atoms with Crippen molar-refractivity contribution in [3.05, 3.63) is 75.2 Å². The zero-order valence-electron chi connectivity index (χ0n) is 15.8. The Hall–Kier alpha value is -1.88. The van der Waals surface area contributed by atoms with Crippen molar-refractivity contribution in [2.45, 2.75) is 11.3 Å². The van der Waals surface area contributed by atoms with E-state index in [1.807, 2.05) is 10.3 Å². The van der Waals surface area contributed by atoms with E-state index < -0.39 is 21.7 Å². The third-order valence-electron chi connectivity index (χ3n) is 4.81. The summed E-state index contributed by atoms with van der Waals surface area (Å²) in [4.78, 5) is 6.88. The molecule has 0 unspecified atom stereocenters. The summed E-state index contributed by atoms with van der Waals surface area (Å²) in [6.45, 7) is 1.78. The molecule has 158 valence electrons. The Labute approximate surface area is 186 Å². The number of hydrogen-bond acceptors (Lipinski definition) is 5. The van der Waals surface area contributed by atoms with Crippen molar-refractivity contribution >= 4 is 42.4 Å². The van der Waals surface area contributed by atoms with Gasteiger partial charge < -0.3 is 4.90 Å². The van der Waals surface area contributed by atoms with Crippen LogP contribution < -0.4 is 4.90 Å². The van der Waals surface area contributed by atoms with Gasteiger partial charge >= 0.3 is 0 Å². The third-order valence-corrected chi connectivity index (χ3v) is 8.20. The summed E-state index contributed by atoms with van der Waals surface area (Å²) >= 11 is 4.76. The van der Waals surface area contributed by atoms with Crippen LogP contribution >= 0.6 is 27.3 Å². The first-order chi connectivity index (χ1) is 14.3. The smallest absolute Gasteiger partial charge is 0.243 e. The largest absolute Gasteiger partial charge is 0.345 e. The van der Waals surface area contributed by atoms with Crippen molar-refractivity contribution in [3.63, 3.8) is 0 Å². The molecular weight excluding hydrogens is 496 g/mol. The zero-order valence-corrected chi connectivity index (χ0v) is 19.0. The average Bonchev–Trinajstić information content (AvgIpc) is 3.16. The van der Waals surface area contributed by atoms with E-state index in [2.05, 4.69) is 20.9 Å². The molecule has 30 heavy (non-hydrogen) atoms. The summed E-state index contributed by atoms with van der Waals surface area (Å²) in [6, 6.07) is 10.1. The van der Waals surface area contributed by atoms with Gasteiger partial charge in [-0.15, -0.1) is 11.3 Å². The molecule has 0 atom stereocenters. The Bertz CT molecular complexity index is 1120. The van der Waals surface area contributed by atoms with Crippen LogP contribution in [0.3, 0.4) is 0 Å². The molecule has 1 saturated heterocycles. The van der Waals surface area contributed by atoms with E-state index in [0.717, 1.165) is 21.4 Å². The second-order valence-electron chi connectivity index (χ2n) is 6.92. The molecule has 1 fully saturated rings. The first kappa shape index (κ1) is 21.4. The number of halogens is 3. The highest BCUT2D eigenvalue weighted by Crippen LogP contribution is 2.26. The van der Waals surface area contributed by atoms with Crippen LogP contribution in [0.5, 0.6) is 0 Å².